The Balaban J connectivity index is 2.21. The zero-order valence-electron chi connectivity index (χ0n) is 8.19. The van der Waals surface area contributed by atoms with E-state index in [0.717, 1.165) is 4.90 Å². The molecule has 6 heteroatoms. The molecule has 16 heavy (non-hydrogen) atoms. The number of halogens is 2. The maximum Gasteiger partial charge on any atom is 0.332 e. The van der Waals surface area contributed by atoms with Crippen LogP contribution in [0.5, 0.6) is 0 Å². The molecule has 4 nitrogen and oxygen atoms in total. The van der Waals surface area contributed by atoms with Gasteiger partial charge in [0.2, 0.25) is 0 Å². The van der Waals surface area contributed by atoms with Gasteiger partial charge >= 0.3 is 11.4 Å². The van der Waals surface area contributed by atoms with Gasteiger partial charge in [-0.1, -0.05) is 0 Å². The van der Waals surface area contributed by atoms with Gasteiger partial charge in [0.05, 0.1) is 0 Å². The lowest BCUT2D eigenvalue weighted by Gasteiger charge is -2.15. The molecule has 0 bridgehead atoms. The van der Waals surface area contributed by atoms with Crippen LogP contribution in [0.4, 0.5) is 19.7 Å². The topological polar surface area (TPSA) is 40.6 Å². The monoisotopic (exact) mass is 242 g/mol. The number of rotatable bonds is 1. The molecule has 0 atom stereocenters. The zero-order valence-corrected chi connectivity index (χ0v) is 8.95. The Morgan fingerprint density at radius 3 is 2.38 bits per heavy atom. The number of hydrogen-bond donors (Lipinski definition) is 0. The van der Waals surface area contributed by atoms with Crippen LogP contribution in [0.25, 0.3) is 0 Å². The van der Waals surface area contributed by atoms with E-state index >= 15 is 0 Å². The third-order valence-corrected chi connectivity index (χ3v) is 2.56. The van der Waals surface area contributed by atoms with Crippen molar-refractivity contribution < 1.29 is 14.0 Å². The van der Waals surface area contributed by atoms with Gasteiger partial charge in [0.1, 0.15) is 5.82 Å². The number of carbonyl (C=O) groups is 2. The summed E-state index contributed by atoms with van der Waals surface area (Å²) in [4.78, 5) is 24.9. The first-order valence-electron chi connectivity index (χ1n) is 4.63. The molecular formula is C10H8ClFN2O2. The molecule has 1 aromatic rings. The first kappa shape index (κ1) is 10.9. The van der Waals surface area contributed by atoms with Gasteiger partial charge in [-0.2, -0.15) is 0 Å². The first-order valence-corrected chi connectivity index (χ1v) is 5.01. The first-order chi connectivity index (χ1) is 7.59. The van der Waals surface area contributed by atoms with Crippen molar-refractivity contribution in [2.75, 3.05) is 18.0 Å². The molecule has 0 unspecified atom stereocenters. The summed E-state index contributed by atoms with van der Waals surface area (Å²) < 4.78 is 12.7. The second-order valence-electron chi connectivity index (χ2n) is 3.32. The molecule has 1 aliphatic heterocycles. The molecule has 0 aliphatic carbocycles. The second kappa shape index (κ2) is 4.09. The predicted octanol–water partition coefficient (Wildman–Crippen LogP) is 2.43. The molecule has 0 radical (unpaired) electrons. The fraction of sp³-hybridized carbons (Fsp3) is 0.200. The van der Waals surface area contributed by atoms with Crippen molar-refractivity contribution in [1.82, 2.24) is 4.90 Å². The number of benzene rings is 1. The number of amides is 3. The minimum Gasteiger partial charge on any atom is -0.292 e. The van der Waals surface area contributed by atoms with Gasteiger partial charge in [-0.15, -0.1) is 0 Å². The highest BCUT2D eigenvalue weighted by molar-refractivity contribution is 6.64. The summed E-state index contributed by atoms with van der Waals surface area (Å²) in [5.74, 6) is -0.374. The van der Waals surface area contributed by atoms with Crippen LogP contribution in [0.3, 0.4) is 0 Å². The van der Waals surface area contributed by atoms with Crippen molar-refractivity contribution >= 4 is 28.7 Å². The molecule has 1 fully saturated rings. The molecule has 3 amide bonds. The maximum atomic E-state index is 12.7. The highest BCUT2D eigenvalue weighted by atomic mass is 35.5. The largest absolute Gasteiger partial charge is 0.332 e. The highest BCUT2D eigenvalue weighted by Gasteiger charge is 2.32. The van der Waals surface area contributed by atoms with E-state index < -0.39 is 11.4 Å². The third-order valence-electron chi connectivity index (χ3n) is 2.36. The summed E-state index contributed by atoms with van der Waals surface area (Å²) in [5.41, 5.74) is 0.548. The van der Waals surface area contributed by atoms with Gasteiger partial charge in [0.25, 0.3) is 0 Å². The average molecular weight is 243 g/mol. The lowest BCUT2D eigenvalue weighted by Crippen LogP contribution is -2.33. The van der Waals surface area contributed by atoms with E-state index in [2.05, 4.69) is 0 Å². The number of nitrogens with zero attached hydrogens (tertiary/aromatic N) is 2. The molecule has 1 aliphatic rings. The van der Waals surface area contributed by atoms with Crippen LogP contribution in [0.1, 0.15) is 0 Å². The maximum absolute atomic E-state index is 12.7. The van der Waals surface area contributed by atoms with Crippen molar-refractivity contribution in [2.24, 2.45) is 0 Å². The normalized spacial score (nSPS) is 15.8. The fourth-order valence-corrected chi connectivity index (χ4v) is 1.72. The Hall–Kier alpha value is -1.62. The summed E-state index contributed by atoms with van der Waals surface area (Å²) >= 11 is 5.24. The number of carbonyl (C=O) groups excluding carboxylic acids is 2. The molecule has 1 heterocycles. The number of anilines is 1. The van der Waals surface area contributed by atoms with E-state index in [0.29, 0.717) is 12.2 Å². The standard InChI is InChI=1S/C10H8ClFN2O2/c11-9(15)14-6-5-13(10(14)16)8-3-1-7(12)2-4-8/h1-4H,5-6H2. The molecular weight excluding hydrogens is 235 g/mol. The molecule has 1 saturated heterocycles. The summed E-state index contributed by atoms with van der Waals surface area (Å²) in [7, 11) is 0. The summed E-state index contributed by atoms with van der Waals surface area (Å²) in [6.45, 7) is 0.613. The SMILES string of the molecule is O=C(Cl)N1CCN(c2ccc(F)cc2)C1=O. The molecule has 0 saturated carbocycles. The Morgan fingerprint density at radius 2 is 1.88 bits per heavy atom. The number of hydrogen-bond acceptors (Lipinski definition) is 2. The molecule has 1 aromatic carbocycles. The number of imide groups is 1. The summed E-state index contributed by atoms with van der Waals surface area (Å²) in [6.07, 6.45) is 0. The molecule has 0 spiro atoms. The van der Waals surface area contributed by atoms with Gasteiger partial charge in [-0.25, -0.2) is 14.1 Å². The Bertz CT molecular complexity index is 435. The summed E-state index contributed by atoms with van der Waals surface area (Å²) in [6, 6.07) is 5.00. The lowest BCUT2D eigenvalue weighted by molar-refractivity contribution is 0.215. The van der Waals surface area contributed by atoms with Crippen LogP contribution >= 0.6 is 11.6 Å². The van der Waals surface area contributed by atoms with Crippen LogP contribution in [-0.2, 0) is 0 Å². The number of urea groups is 1. The minimum absolute atomic E-state index is 0.249. The van der Waals surface area contributed by atoms with E-state index in [-0.39, 0.29) is 12.4 Å². The van der Waals surface area contributed by atoms with Crippen LogP contribution in [0.15, 0.2) is 24.3 Å². The van der Waals surface area contributed by atoms with Gasteiger partial charge in [0.15, 0.2) is 0 Å². The molecule has 0 aromatic heterocycles. The second-order valence-corrected chi connectivity index (χ2v) is 3.64. The molecule has 0 N–H and O–H groups in total. The predicted molar refractivity (Wildman–Crippen MR) is 57.1 cm³/mol. The van der Waals surface area contributed by atoms with Gasteiger partial charge in [-0.3, -0.25) is 9.69 Å². The average Bonchev–Trinajstić information content (AvgIpc) is 2.61. The lowest BCUT2D eigenvalue weighted by atomic mass is 10.3. The van der Waals surface area contributed by atoms with Crippen molar-refractivity contribution in [2.45, 2.75) is 0 Å². The van der Waals surface area contributed by atoms with E-state index in [1.807, 2.05) is 0 Å². The van der Waals surface area contributed by atoms with Crippen molar-refractivity contribution in [1.29, 1.82) is 0 Å². The zero-order chi connectivity index (χ0) is 11.7. The van der Waals surface area contributed by atoms with Crippen molar-refractivity contribution in [3.05, 3.63) is 30.1 Å². The van der Waals surface area contributed by atoms with E-state index in [1.165, 1.54) is 29.2 Å². The van der Waals surface area contributed by atoms with Gasteiger partial charge < -0.3 is 0 Å². The molecule has 84 valence electrons. The van der Waals surface area contributed by atoms with Crippen molar-refractivity contribution in [3.8, 4) is 0 Å². The fourth-order valence-electron chi connectivity index (χ4n) is 1.56. The van der Waals surface area contributed by atoms with Crippen LogP contribution < -0.4 is 4.90 Å². The smallest absolute Gasteiger partial charge is 0.292 e. The van der Waals surface area contributed by atoms with Gasteiger partial charge in [0, 0.05) is 18.8 Å². The molecule has 2 rings (SSSR count). The van der Waals surface area contributed by atoms with E-state index in [4.69, 9.17) is 11.6 Å². The Labute approximate surface area is 96.2 Å². The van der Waals surface area contributed by atoms with Crippen LogP contribution in [0.2, 0.25) is 0 Å². The minimum atomic E-state index is -0.797. The Morgan fingerprint density at radius 1 is 1.25 bits per heavy atom. The van der Waals surface area contributed by atoms with E-state index in [9.17, 15) is 14.0 Å². The van der Waals surface area contributed by atoms with Gasteiger partial charge in [-0.05, 0) is 35.9 Å². The quantitative estimate of drug-likeness (QED) is 0.561. The third kappa shape index (κ3) is 1.86. The van der Waals surface area contributed by atoms with Crippen molar-refractivity contribution in [3.63, 3.8) is 0 Å². The van der Waals surface area contributed by atoms with Crippen LogP contribution in [0, 0.1) is 5.82 Å². The van der Waals surface area contributed by atoms with Crippen LogP contribution in [-0.4, -0.2) is 29.4 Å². The Kier molecular flexibility index (Phi) is 2.78. The highest BCUT2D eigenvalue weighted by Crippen LogP contribution is 2.21. The summed E-state index contributed by atoms with van der Waals surface area (Å²) in [5, 5.41) is -0.797. The van der Waals surface area contributed by atoms with E-state index in [1.54, 1.807) is 0 Å².